The van der Waals surface area contributed by atoms with Gasteiger partial charge in [0.1, 0.15) is 0 Å². The Labute approximate surface area is 130 Å². The van der Waals surface area contributed by atoms with E-state index >= 15 is 0 Å². The van der Waals surface area contributed by atoms with Crippen LogP contribution in [0.5, 0.6) is 0 Å². The molecule has 0 spiro atoms. The summed E-state index contributed by atoms with van der Waals surface area (Å²) in [7, 11) is -3.55. The third-order valence-electron chi connectivity index (χ3n) is 3.79. The van der Waals surface area contributed by atoms with E-state index in [2.05, 4.69) is 9.88 Å². The minimum Gasteiger partial charge on any atom is -0.359 e. The average molecular weight is 321 g/mol. The molecule has 1 atom stereocenters. The minimum atomic E-state index is -3.55. The molecule has 0 saturated carbocycles. The molecule has 7 heteroatoms. The molecule has 0 amide bonds. The first-order valence-corrected chi connectivity index (χ1v) is 8.74. The molecule has 118 valence electrons. The number of benzene rings is 1. The first-order valence-electron chi connectivity index (χ1n) is 7.30. The van der Waals surface area contributed by atoms with Crippen molar-refractivity contribution in [3.8, 4) is 0 Å². The van der Waals surface area contributed by atoms with Gasteiger partial charge in [-0.15, -0.1) is 0 Å². The highest BCUT2D eigenvalue weighted by Crippen LogP contribution is 2.34. The van der Waals surface area contributed by atoms with Crippen LogP contribution < -0.4 is 4.72 Å². The van der Waals surface area contributed by atoms with Gasteiger partial charge in [-0.05, 0) is 25.3 Å². The zero-order valence-electron chi connectivity index (χ0n) is 12.4. The van der Waals surface area contributed by atoms with Crippen molar-refractivity contribution in [2.24, 2.45) is 0 Å². The molecule has 22 heavy (non-hydrogen) atoms. The van der Waals surface area contributed by atoms with Crippen molar-refractivity contribution in [2.75, 3.05) is 6.54 Å². The first-order chi connectivity index (χ1) is 10.6. The summed E-state index contributed by atoms with van der Waals surface area (Å²) in [5.74, 6) is 0.611. The Bertz CT molecular complexity index is 728. The molecular weight excluding hydrogens is 302 g/mol. The fraction of sp³-hybridized carbons (Fsp3) is 0.400. The number of nitrogens with one attached hydrogen (secondary N) is 1. The normalized spacial score (nSPS) is 19.6. The predicted octanol–water partition coefficient (Wildman–Crippen LogP) is 2.15. The van der Waals surface area contributed by atoms with E-state index in [0.717, 1.165) is 24.1 Å². The molecule has 2 heterocycles. The zero-order valence-corrected chi connectivity index (χ0v) is 13.2. The summed E-state index contributed by atoms with van der Waals surface area (Å²) in [5, 5.41) is 3.85. The van der Waals surface area contributed by atoms with Crippen molar-refractivity contribution >= 4 is 10.2 Å². The van der Waals surface area contributed by atoms with E-state index < -0.39 is 10.2 Å². The largest absolute Gasteiger partial charge is 0.359 e. The molecule has 6 nitrogen and oxygen atoms in total. The lowest BCUT2D eigenvalue weighted by molar-refractivity contribution is 0.295. The molecule has 0 unspecified atom stereocenters. The highest BCUT2D eigenvalue weighted by Gasteiger charge is 2.37. The van der Waals surface area contributed by atoms with Crippen molar-refractivity contribution in [2.45, 2.75) is 32.4 Å². The first kappa shape index (κ1) is 15.2. The van der Waals surface area contributed by atoms with Gasteiger partial charge in [0.05, 0.1) is 11.7 Å². The van der Waals surface area contributed by atoms with E-state index in [0.29, 0.717) is 12.3 Å². The maximum atomic E-state index is 12.5. The Morgan fingerprint density at radius 3 is 2.82 bits per heavy atom. The lowest BCUT2D eigenvalue weighted by atomic mass is 10.2. The second-order valence-corrected chi connectivity index (χ2v) is 7.16. The van der Waals surface area contributed by atoms with Gasteiger partial charge >= 0.3 is 0 Å². The Hall–Kier alpha value is -1.70. The van der Waals surface area contributed by atoms with Gasteiger partial charge in [-0.2, -0.15) is 17.4 Å². The topological polar surface area (TPSA) is 75.4 Å². The molecule has 1 aromatic heterocycles. The van der Waals surface area contributed by atoms with Crippen molar-refractivity contribution in [1.82, 2.24) is 14.2 Å². The van der Waals surface area contributed by atoms with Crippen LogP contribution in [0.1, 0.15) is 35.9 Å². The third-order valence-corrected chi connectivity index (χ3v) is 5.35. The molecule has 0 aliphatic carbocycles. The van der Waals surface area contributed by atoms with E-state index in [1.165, 1.54) is 4.31 Å². The molecule has 1 aromatic carbocycles. The molecule has 2 aromatic rings. The van der Waals surface area contributed by atoms with Crippen molar-refractivity contribution in [3.05, 3.63) is 53.4 Å². The monoisotopic (exact) mass is 321 g/mol. The smallest absolute Gasteiger partial charge is 0.280 e. The molecule has 1 N–H and O–H groups in total. The lowest BCUT2D eigenvalue weighted by Gasteiger charge is -2.22. The zero-order chi connectivity index (χ0) is 15.6. The number of aromatic nitrogens is 1. The van der Waals surface area contributed by atoms with Crippen LogP contribution in [0, 0.1) is 6.92 Å². The number of nitrogens with zero attached hydrogens (tertiary/aromatic N) is 2. The third kappa shape index (κ3) is 3.21. The van der Waals surface area contributed by atoms with Gasteiger partial charge in [0.2, 0.25) is 0 Å². The molecule has 1 aliphatic heterocycles. The summed E-state index contributed by atoms with van der Waals surface area (Å²) in [6.45, 7) is 2.60. The molecule has 1 saturated heterocycles. The molecule has 0 radical (unpaired) electrons. The summed E-state index contributed by atoms with van der Waals surface area (Å²) >= 11 is 0. The standard InChI is InChI=1S/C15H19N3O3S/c1-12-10-15(21-17-12)14-8-5-9-18(14)22(19,20)16-11-13-6-3-2-4-7-13/h2-4,6-7,10,14,16H,5,8-9,11H2,1H3/t14-/m0/s1. The highest BCUT2D eigenvalue weighted by molar-refractivity contribution is 7.87. The molecule has 1 aliphatic rings. The van der Waals surface area contributed by atoms with E-state index in [9.17, 15) is 8.42 Å². The van der Waals surface area contributed by atoms with E-state index in [1.807, 2.05) is 37.3 Å². The van der Waals surface area contributed by atoms with Gasteiger partial charge in [0.15, 0.2) is 5.76 Å². The molecule has 1 fully saturated rings. The summed E-state index contributed by atoms with van der Waals surface area (Å²) in [6.07, 6.45) is 1.57. The lowest BCUT2D eigenvalue weighted by Crippen LogP contribution is -2.39. The minimum absolute atomic E-state index is 0.269. The fourth-order valence-corrected chi connectivity index (χ4v) is 4.13. The maximum Gasteiger partial charge on any atom is 0.280 e. The second kappa shape index (κ2) is 6.20. The van der Waals surface area contributed by atoms with Crippen LogP contribution in [-0.2, 0) is 16.8 Å². The maximum absolute atomic E-state index is 12.5. The fourth-order valence-electron chi connectivity index (χ4n) is 2.71. The van der Waals surface area contributed by atoms with E-state index in [4.69, 9.17) is 4.52 Å². The Balaban J connectivity index is 1.73. The quantitative estimate of drug-likeness (QED) is 0.915. The van der Waals surface area contributed by atoms with Gasteiger partial charge in [-0.3, -0.25) is 0 Å². The van der Waals surface area contributed by atoms with Crippen LogP contribution in [0.3, 0.4) is 0 Å². The SMILES string of the molecule is Cc1cc([C@@H]2CCCN2S(=O)(=O)NCc2ccccc2)on1. The van der Waals surface area contributed by atoms with Crippen molar-refractivity contribution < 1.29 is 12.9 Å². The summed E-state index contributed by atoms with van der Waals surface area (Å²) < 4.78 is 34.5. The van der Waals surface area contributed by atoms with Crippen molar-refractivity contribution in [3.63, 3.8) is 0 Å². The Kier molecular flexibility index (Phi) is 4.28. The molecule has 3 rings (SSSR count). The van der Waals surface area contributed by atoms with Crippen LogP contribution >= 0.6 is 0 Å². The van der Waals surface area contributed by atoms with Crippen LogP contribution in [0.15, 0.2) is 40.9 Å². The van der Waals surface area contributed by atoms with Gasteiger partial charge in [-0.1, -0.05) is 35.5 Å². The van der Waals surface area contributed by atoms with Crippen LogP contribution in [0.2, 0.25) is 0 Å². The number of aryl methyl sites for hydroxylation is 1. The number of rotatable bonds is 5. The molecular formula is C15H19N3O3S. The highest BCUT2D eigenvalue weighted by atomic mass is 32.2. The van der Waals surface area contributed by atoms with Gasteiger partial charge < -0.3 is 4.52 Å². The Morgan fingerprint density at radius 2 is 2.14 bits per heavy atom. The number of hydrogen-bond donors (Lipinski definition) is 1. The summed E-state index contributed by atoms with van der Waals surface area (Å²) in [6, 6.07) is 11.0. The number of hydrogen-bond acceptors (Lipinski definition) is 4. The second-order valence-electron chi connectivity index (χ2n) is 5.45. The Morgan fingerprint density at radius 1 is 1.36 bits per heavy atom. The van der Waals surface area contributed by atoms with E-state index in [1.54, 1.807) is 6.07 Å². The molecule has 0 bridgehead atoms. The summed E-state index contributed by atoms with van der Waals surface area (Å²) in [4.78, 5) is 0. The van der Waals surface area contributed by atoms with Crippen LogP contribution in [0.4, 0.5) is 0 Å². The predicted molar refractivity (Wildman–Crippen MR) is 82.1 cm³/mol. The average Bonchev–Trinajstić information content (AvgIpc) is 3.15. The van der Waals surface area contributed by atoms with Crippen LogP contribution in [-0.4, -0.2) is 24.4 Å². The van der Waals surface area contributed by atoms with Gasteiger partial charge in [-0.25, -0.2) is 0 Å². The summed E-state index contributed by atoms with van der Waals surface area (Å²) in [5.41, 5.74) is 1.69. The van der Waals surface area contributed by atoms with Crippen molar-refractivity contribution in [1.29, 1.82) is 0 Å². The van der Waals surface area contributed by atoms with Gasteiger partial charge in [0, 0.05) is 19.2 Å². The van der Waals surface area contributed by atoms with Gasteiger partial charge in [0.25, 0.3) is 10.2 Å². The van der Waals surface area contributed by atoms with E-state index in [-0.39, 0.29) is 12.6 Å². The van der Waals surface area contributed by atoms with Crippen LogP contribution in [0.25, 0.3) is 0 Å².